The van der Waals surface area contributed by atoms with E-state index in [0.717, 1.165) is 17.1 Å². The summed E-state index contributed by atoms with van der Waals surface area (Å²) in [6.07, 6.45) is 1.25. The molecule has 0 amide bonds. The molecule has 1 fully saturated rings. The maximum Gasteiger partial charge on any atom is 0.339 e. The molecule has 1 saturated carbocycles. The van der Waals surface area contributed by atoms with Crippen LogP contribution in [0.2, 0.25) is 0 Å². The summed E-state index contributed by atoms with van der Waals surface area (Å²) in [5, 5.41) is 18.7. The lowest BCUT2D eigenvalue weighted by atomic mass is 9.93. The van der Waals surface area contributed by atoms with Crippen molar-refractivity contribution in [1.82, 2.24) is 4.37 Å². The first-order chi connectivity index (χ1) is 9.95. The molecule has 3 rings (SSSR count). The van der Waals surface area contributed by atoms with E-state index in [1.165, 1.54) is 0 Å². The van der Waals surface area contributed by atoms with Crippen LogP contribution in [0.15, 0.2) is 24.3 Å². The minimum absolute atomic E-state index is 0.192. The molecule has 1 heterocycles. The number of nitrogens with zero attached hydrogens (tertiary/aromatic N) is 1. The van der Waals surface area contributed by atoms with Crippen LogP contribution in [0.25, 0.3) is 10.4 Å². The topological polar surface area (TPSA) is 87.5 Å². The summed E-state index contributed by atoms with van der Waals surface area (Å²) in [5.41, 5.74) is 1.32. The van der Waals surface area contributed by atoms with Gasteiger partial charge in [-0.25, -0.2) is 4.79 Å². The quantitative estimate of drug-likeness (QED) is 0.906. The molecule has 0 radical (unpaired) electrons. The average molecular weight is 303 g/mol. The smallest absolute Gasteiger partial charge is 0.339 e. The van der Waals surface area contributed by atoms with E-state index < -0.39 is 17.4 Å². The first kappa shape index (κ1) is 13.8. The van der Waals surface area contributed by atoms with Gasteiger partial charge in [-0.05, 0) is 48.5 Å². The van der Waals surface area contributed by atoms with E-state index in [4.69, 9.17) is 0 Å². The van der Waals surface area contributed by atoms with Crippen LogP contribution in [0, 0.1) is 6.92 Å². The molecule has 2 aromatic rings. The van der Waals surface area contributed by atoms with Crippen molar-refractivity contribution in [2.24, 2.45) is 0 Å². The zero-order valence-corrected chi connectivity index (χ0v) is 12.1. The van der Waals surface area contributed by atoms with E-state index in [2.05, 4.69) is 4.37 Å². The second kappa shape index (κ2) is 4.66. The van der Waals surface area contributed by atoms with Crippen molar-refractivity contribution in [3.05, 3.63) is 41.1 Å². The minimum Gasteiger partial charge on any atom is -0.481 e. The monoisotopic (exact) mass is 303 g/mol. The van der Waals surface area contributed by atoms with Crippen LogP contribution in [0.3, 0.4) is 0 Å². The molecular weight excluding hydrogens is 290 g/mol. The molecule has 108 valence electrons. The molecule has 1 aliphatic rings. The molecular formula is C15H13NO4S. The van der Waals surface area contributed by atoms with Crippen LogP contribution in [0.1, 0.15) is 34.5 Å². The summed E-state index contributed by atoms with van der Waals surface area (Å²) >= 11 is 1.13. The second-order valence-electron chi connectivity index (χ2n) is 5.25. The van der Waals surface area contributed by atoms with Gasteiger partial charge in [0.05, 0.1) is 16.0 Å². The Morgan fingerprint density at radius 2 is 2.00 bits per heavy atom. The third-order valence-electron chi connectivity index (χ3n) is 3.91. The van der Waals surface area contributed by atoms with Crippen LogP contribution in [-0.2, 0) is 10.2 Å². The fraction of sp³-hybridized carbons (Fsp3) is 0.267. The summed E-state index contributed by atoms with van der Waals surface area (Å²) in [4.78, 5) is 23.3. The number of carbonyl (C=O) groups is 2. The Morgan fingerprint density at radius 3 is 2.57 bits per heavy atom. The number of aliphatic carboxylic acids is 1. The highest BCUT2D eigenvalue weighted by molar-refractivity contribution is 7.10. The Kier molecular flexibility index (Phi) is 3.06. The predicted octanol–water partition coefficient (Wildman–Crippen LogP) is 2.93. The summed E-state index contributed by atoms with van der Waals surface area (Å²) in [5.74, 6) is -1.83. The van der Waals surface area contributed by atoms with Crippen LogP contribution in [-0.4, -0.2) is 26.5 Å². The average Bonchev–Trinajstić information content (AvgIpc) is 3.17. The van der Waals surface area contributed by atoms with Gasteiger partial charge in [-0.2, -0.15) is 4.37 Å². The minimum atomic E-state index is -1.01. The predicted molar refractivity (Wildman–Crippen MR) is 77.8 cm³/mol. The van der Waals surface area contributed by atoms with Crippen molar-refractivity contribution in [3.8, 4) is 10.4 Å². The third-order valence-corrected chi connectivity index (χ3v) is 4.90. The van der Waals surface area contributed by atoms with Gasteiger partial charge >= 0.3 is 11.9 Å². The van der Waals surface area contributed by atoms with Crippen LogP contribution >= 0.6 is 11.5 Å². The normalized spacial score (nSPS) is 15.7. The van der Waals surface area contributed by atoms with Crippen molar-refractivity contribution in [2.75, 3.05) is 0 Å². The number of rotatable bonds is 4. The summed E-state index contributed by atoms with van der Waals surface area (Å²) in [6.45, 7) is 1.66. The van der Waals surface area contributed by atoms with Crippen molar-refractivity contribution < 1.29 is 19.8 Å². The van der Waals surface area contributed by atoms with Crippen LogP contribution in [0.4, 0.5) is 0 Å². The van der Waals surface area contributed by atoms with E-state index in [0.29, 0.717) is 29.0 Å². The number of aromatic nitrogens is 1. The van der Waals surface area contributed by atoms with Crippen molar-refractivity contribution >= 4 is 23.5 Å². The number of hydrogen-bond acceptors (Lipinski definition) is 4. The highest BCUT2D eigenvalue weighted by atomic mass is 32.1. The molecule has 0 saturated heterocycles. The first-order valence-electron chi connectivity index (χ1n) is 6.49. The van der Waals surface area contributed by atoms with Gasteiger partial charge in [0.2, 0.25) is 0 Å². The number of carboxylic acids is 2. The molecule has 0 spiro atoms. The molecule has 1 aromatic carbocycles. The fourth-order valence-corrected chi connectivity index (χ4v) is 3.41. The maximum absolute atomic E-state index is 11.4. The Hall–Kier alpha value is -2.21. The van der Waals surface area contributed by atoms with Gasteiger partial charge in [0.15, 0.2) is 0 Å². The lowest BCUT2D eigenvalue weighted by Crippen LogP contribution is -2.19. The Bertz CT molecular complexity index is 746. The molecule has 6 heteroatoms. The van der Waals surface area contributed by atoms with Gasteiger partial charge in [0.25, 0.3) is 0 Å². The molecule has 2 N–H and O–H groups in total. The first-order valence-corrected chi connectivity index (χ1v) is 7.27. The van der Waals surface area contributed by atoms with Crippen molar-refractivity contribution in [3.63, 3.8) is 0 Å². The van der Waals surface area contributed by atoms with E-state index in [-0.39, 0.29) is 5.56 Å². The van der Waals surface area contributed by atoms with Crippen molar-refractivity contribution in [1.29, 1.82) is 0 Å². The van der Waals surface area contributed by atoms with Gasteiger partial charge < -0.3 is 10.2 Å². The molecule has 5 nitrogen and oxygen atoms in total. The van der Waals surface area contributed by atoms with Gasteiger partial charge in [0.1, 0.15) is 5.56 Å². The Balaban J connectivity index is 2.10. The fourth-order valence-electron chi connectivity index (χ4n) is 2.53. The summed E-state index contributed by atoms with van der Waals surface area (Å²) in [7, 11) is 0. The second-order valence-corrected chi connectivity index (χ2v) is 6.02. The van der Waals surface area contributed by atoms with Gasteiger partial charge in [0, 0.05) is 0 Å². The van der Waals surface area contributed by atoms with E-state index in [1.807, 2.05) is 0 Å². The van der Waals surface area contributed by atoms with E-state index >= 15 is 0 Å². The lowest BCUT2D eigenvalue weighted by Gasteiger charge is -2.11. The highest BCUT2D eigenvalue weighted by Crippen LogP contribution is 2.49. The van der Waals surface area contributed by atoms with Gasteiger partial charge in [-0.15, -0.1) is 0 Å². The molecule has 0 unspecified atom stereocenters. The summed E-state index contributed by atoms with van der Waals surface area (Å²) in [6, 6.07) is 7.13. The zero-order chi connectivity index (χ0) is 15.2. The SMILES string of the molecule is Cc1nsc(-c2cccc(C3(C(=O)O)CC3)c2)c1C(=O)O. The number of aryl methyl sites for hydroxylation is 1. The highest BCUT2D eigenvalue weighted by Gasteiger charge is 2.51. The number of carboxylic acid groups (broad SMARTS) is 2. The molecule has 0 atom stereocenters. The molecule has 1 aromatic heterocycles. The molecule has 1 aliphatic carbocycles. The van der Waals surface area contributed by atoms with Crippen molar-refractivity contribution in [2.45, 2.75) is 25.2 Å². The maximum atomic E-state index is 11.4. The zero-order valence-electron chi connectivity index (χ0n) is 11.3. The Morgan fingerprint density at radius 1 is 1.29 bits per heavy atom. The molecule has 0 bridgehead atoms. The summed E-state index contributed by atoms with van der Waals surface area (Å²) < 4.78 is 4.10. The van der Waals surface area contributed by atoms with Crippen LogP contribution < -0.4 is 0 Å². The molecule has 0 aliphatic heterocycles. The number of hydrogen-bond donors (Lipinski definition) is 2. The third kappa shape index (κ3) is 2.12. The Labute approximate surface area is 125 Å². The van der Waals surface area contributed by atoms with Gasteiger partial charge in [-0.3, -0.25) is 4.79 Å². The van der Waals surface area contributed by atoms with Gasteiger partial charge in [-0.1, -0.05) is 18.2 Å². The number of benzene rings is 1. The number of aromatic carboxylic acids is 1. The van der Waals surface area contributed by atoms with E-state index in [9.17, 15) is 19.8 Å². The van der Waals surface area contributed by atoms with Crippen LogP contribution in [0.5, 0.6) is 0 Å². The standard InChI is InChI=1S/C15H13NO4S/c1-8-11(13(17)18)12(21-16-8)9-3-2-4-10(7-9)15(5-6-15)14(19)20/h2-4,7H,5-6H2,1H3,(H,17,18)(H,19,20). The lowest BCUT2D eigenvalue weighted by molar-refractivity contribution is -0.140. The molecule has 21 heavy (non-hydrogen) atoms. The van der Waals surface area contributed by atoms with E-state index in [1.54, 1.807) is 31.2 Å². The largest absolute Gasteiger partial charge is 0.481 e.